The van der Waals surface area contributed by atoms with Crippen molar-refractivity contribution in [3.05, 3.63) is 78.0 Å². The second-order valence-electron chi connectivity index (χ2n) is 6.44. The number of H-pyrrole nitrogens is 1. The number of fused-ring (bicyclic) bond motifs is 2. The Labute approximate surface area is 151 Å². The molecule has 0 bridgehead atoms. The zero-order valence-corrected chi connectivity index (χ0v) is 14.5. The van der Waals surface area contributed by atoms with Gasteiger partial charge in [0.1, 0.15) is 6.04 Å². The maximum Gasteiger partial charge on any atom is 0.259 e. The number of hydrogen-bond donors (Lipinski definition) is 2. The lowest BCUT2D eigenvalue weighted by atomic mass is 10.1. The summed E-state index contributed by atoms with van der Waals surface area (Å²) in [5.74, 6) is -0.398. The third-order valence-electron chi connectivity index (χ3n) is 4.78. The summed E-state index contributed by atoms with van der Waals surface area (Å²) in [6.07, 6.45) is 0. The number of nitrogens with one attached hydrogen (secondary N) is 2. The molecule has 4 rings (SSSR count). The highest BCUT2D eigenvalue weighted by atomic mass is 16.2. The van der Waals surface area contributed by atoms with Crippen LogP contribution in [-0.2, 0) is 11.3 Å². The molecule has 5 nitrogen and oxygen atoms in total. The summed E-state index contributed by atoms with van der Waals surface area (Å²) in [6.45, 7) is 6.09. The zero-order valence-electron chi connectivity index (χ0n) is 14.5. The molecule has 0 aliphatic carbocycles. The van der Waals surface area contributed by atoms with Gasteiger partial charge in [-0.15, -0.1) is 0 Å². The number of aromatic amines is 1. The fourth-order valence-electron chi connectivity index (χ4n) is 3.39. The molecule has 2 aromatic carbocycles. The molecule has 0 spiro atoms. The average molecular weight is 345 g/mol. The summed E-state index contributed by atoms with van der Waals surface area (Å²) in [7, 11) is 0. The third-order valence-corrected chi connectivity index (χ3v) is 4.78. The summed E-state index contributed by atoms with van der Waals surface area (Å²) < 4.78 is 0. The number of para-hydroxylation sites is 1. The van der Waals surface area contributed by atoms with Gasteiger partial charge in [-0.2, -0.15) is 0 Å². The second kappa shape index (κ2) is 6.19. The van der Waals surface area contributed by atoms with Gasteiger partial charge >= 0.3 is 0 Å². The molecule has 0 saturated heterocycles. The van der Waals surface area contributed by atoms with E-state index in [9.17, 15) is 9.59 Å². The number of aromatic nitrogens is 1. The van der Waals surface area contributed by atoms with Crippen molar-refractivity contribution in [2.24, 2.45) is 0 Å². The molecule has 3 aromatic rings. The maximum atomic E-state index is 12.6. The van der Waals surface area contributed by atoms with E-state index in [-0.39, 0.29) is 11.8 Å². The lowest BCUT2D eigenvalue weighted by molar-refractivity contribution is -0.124. The molecular formula is C21H19N3O2. The van der Waals surface area contributed by atoms with Crippen molar-refractivity contribution >= 4 is 28.4 Å². The van der Waals surface area contributed by atoms with Crippen molar-refractivity contribution in [3.63, 3.8) is 0 Å². The standard InChI is InChI=1S/C21H19N3O2/c1-13-17-8-4-5-9-18(17)21(26)24(13)14(2)20(25)22-12-16-11-15-7-3-6-10-19(15)23-16/h3-11,14,23H,1,12H2,2H3,(H,22,25)/t14-/m0/s1. The molecule has 1 atom stereocenters. The molecule has 1 aliphatic rings. The summed E-state index contributed by atoms with van der Waals surface area (Å²) in [5.41, 5.74) is 3.89. The number of amides is 2. The minimum absolute atomic E-state index is 0.182. The summed E-state index contributed by atoms with van der Waals surface area (Å²) in [5, 5.41) is 4.00. The van der Waals surface area contributed by atoms with Crippen LogP contribution in [0.2, 0.25) is 0 Å². The van der Waals surface area contributed by atoms with Crippen molar-refractivity contribution in [2.45, 2.75) is 19.5 Å². The Kier molecular flexibility index (Phi) is 3.84. The molecule has 2 N–H and O–H groups in total. The van der Waals surface area contributed by atoms with Gasteiger partial charge in [0.2, 0.25) is 5.91 Å². The number of nitrogens with zero attached hydrogens (tertiary/aromatic N) is 1. The fourth-order valence-corrected chi connectivity index (χ4v) is 3.39. The van der Waals surface area contributed by atoms with E-state index in [0.717, 1.165) is 22.2 Å². The van der Waals surface area contributed by atoms with Gasteiger partial charge in [0.25, 0.3) is 5.91 Å². The quantitative estimate of drug-likeness (QED) is 0.762. The van der Waals surface area contributed by atoms with Crippen LogP contribution >= 0.6 is 0 Å². The van der Waals surface area contributed by atoms with Crippen LogP contribution in [0.4, 0.5) is 0 Å². The van der Waals surface area contributed by atoms with E-state index in [1.54, 1.807) is 13.0 Å². The molecule has 2 amide bonds. The van der Waals surface area contributed by atoms with Crippen LogP contribution in [-0.4, -0.2) is 27.7 Å². The van der Waals surface area contributed by atoms with E-state index in [1.165, 1.54) is 4.90 Å². The topological polar surface area (TPSA) is 65.2 Å². The molecule has 26 heavy (non-hydrogen) atoms. The third kappa shape index (κ3) is 2.58. The average Bonchev–Trinajstić information content (AvgIpc) is 3.18. The fraction of sp³-hybridized carbons (Fsp3) is 0.143. The van der Waals surface area contributed by atoms with Crippen LogP contribution in [0.15, 0.2) is 61.2 Å². The maximum absolute atomic E-state index is 12.6. The van der Waals surface area contributed by atoms with Gasteiger partial charge in [0.05, 0.1) is 6.54 Å². The van der Waals surface area contributed by atoms with E-state index in [4.69, 9.17) is 0 Å². The number of carbonyl (C=O) groups is 2. The Morgan fingerprint density at radius 2 is 1.85 bits per heavy atom. The molecule has 5 heteroatoms. The summed E-state index contributed by atoms with van der Waals surface area (Å²) in [6, 6.07) is 16.6. The predicted molar refractivity (Wildman–Crippen MR) is 101 cm³/mol. The molecule has 0 unspecified atom stereocenters. The Morgan fingerprint density at radius 1 is 1.15 bits per heavy atom. The van der Waals surface area contributed by atoms with Gasteiger partial charge in [0, 0.05) is 28.0 Å². The van der Waals surface area contributed by atoms with Gasteiger partial charge in [0.15, 0.2) is 0 Å². The Bertz CT molecular complexity index is 966. The number of rotatable bonds is 4. The highest BCUT2D eigenvalue weighted by molar-refractivity contribution is 6.10. The van der Waals surface area contributed by atoms with E-state index < -0.39 is 6.04 Å². The Morgan fingerprint density at radius 3 is 2.58 bits per heavy atom. The number of benzene rings is 2. The van der Waals surface area contributed by atoms with Gasteiger partial charge in [-0.25, -0.2) is 0 Å². The minimum atomic E-state index is -0.633. The number of hydrogen-bond acceptors (Lipinski definition) is 2. The van der Waals surface area contributed by atoms with E-state index in [2.05, 4.69) is 16.9 Å². The van der Waals surface area contributed by atoms with Crippen molar-refractivity contribution < 1.29 is 9.59 Å². The van der Waals surface area contributed by atoms with Crippen LogP contribution in [0.3, 0.4) is 0 Å². The zero-order chi connectivity index (χ0) is 18.3. The number of carbonyl (C=O) groups excluding carboxylic acids is 2. The van der Waals surface area contributed by atoms with Crippen molar-refractivity contribution in [2.75, 3.05) is 0 Å². The molecule has 0 fully saturated rings. The Balaban J connectivity index is 1.47. The van der Waals surface area contributed by atoms with Gasteiger partial charge in [-0.05, 0) is 30.5 Å². The molecule has 130 valence electrons. The highest BCUT2D eigenvalue weighted by Gasteiger charge is 2.36. The smallest absolute Gasteiger partial charge is 0.259 e. The Hall–Kier alpha value is -3.34. The van der Waals surface area contributed by atoms with E-state index in [0.29, 0.717) is 17.8 Å². The van der Waals surface area contributed by atoms with Gasteiger partial charge in [-0.3, -0.25) is 14.5 Å². The first-order valence-electron chi connectivity index (χ1n) is 8.52. The molecule has 2 heterocycles. The van der Waals surface area contributed by atoms with Gasteiger partial charge < -0.3 is 10.3 Å². The molecule has 0 saturated carbocycles. The lowest BCUT2D eigenvalue weighted by Gasteiger charge is -2.24. The van der Waals surface area contributed by atoms with Gasteiger partial charge in [-0.1, -0.05) is 43.0 Å². The summed E-state index contributed by atoms with van der Waals surface area (Å²) in [4.78, 5) is 30.0. The monoisotopic (exact) mass is 345 g/mol. The molecule has 1 aromatic heterocycles. The van der Waals surface area contributed by atoms with Crippen molar-refractivity contribution in [3.8, 4) is 0 Å². The molecular weight excluding hydrogens is 326 g/mol. The van der Waals surface area contributed by atoms with Crippen molar-refractivity contribution in [1.29, 1.82) is 0 Å². The molecule has 0 radical (unpaired) electrons. The first-order chi connectivity index (χ1) is 12.6. The molecule has 1 aliphatic heterocycles. The lowest BCUT2D eigenvalue weighted by Crippen LogP contribution is -2.44. The second-order valence-corrected chi connectivity index (χ2v) is 6.44. The largest absolute Gasteiger partial charge is 0.357 e. The van der Waals surface area contributed by atoms with Crippen LogP contribution in [0.1, 0.15) is 28.5 Å². The van der Waals surface area contributed by atoms with E-state index in [1.807, 2.05) is 48.5 Å². The highest BCUT2D eigenvalue weighted by Crippen LogP contribution is 2.32. The summed E-state index contributed by atoms with van der Waals surface area (Å²) >= 11 is 0. The van der Waals surface area contributed by atoms with E-state index >= 15 is 0 Å². The predicted octanol–water partition coefficient (Wildman–Crippen LogP) is 3.30. The first kappa shape index (κ1) is 16.1. The SMILES string of the molecule is C=C1c2ccccc2C(=O)N1[C@@H](C)C(=O)NCc1cc2ccccc2[nH]1. The van der Waals surface area contributed by atoms with Crippen LogP contribution in [0.25, 0.3) is 16.6 Å². The minimum Gasteiger partial charge on any atom is -0.357 e. The first-order valence-corrected chi connectivity index (χ1v) is 8.52. The normalized spacial score (nSPS) is 14.6. The van der Waals surface area contributed by atoms with Crippen molar-refractivity contribution in [1.82, 2.24) is 15.2 Å². The van der Waals surface area contributed by atoms with Crippen LogP contribution in [0, 0.1) is 0 Å². The van der Waals surface area contributed by atoms with Crippen LogP contribution in [0.5, 0.6) is 0 Å². The van der Waals surface area contributed by atoms with Crippen LogP contribution < -0.4 is 5.32 Å².